The van der Waals surface area contributed by atoms with E-state index in [9.17, 15) is 10.1 Å². The van der Waals surface area contributed by atoms with E-state index < -0.39 is 4.45 Å². The van der Waals surface area contributed by atoms with E-state index in [1.807, 2.05) is 36.4 Å². The third-order valence-electron chi connectivity index (χ3n) is 2.57. The zero-order valence-electron chi connectivity index (χ0n) is 8.47. The van der Waals surface area contributed by atoms with Crippen molar-refractivity contribution >= 4 is 21.5 Å². The molecule has 0 N–H and O–H groups in total. The summed E-state index contributed by atoms with van der Waals surface area (Å²) < 4.78 is -1.19. The summed E-state index contributed by atoms with van der Waals surface area (Å²) in [6.07, 6.45) is 5.80. The number of halogens is 1. The van der Waals surface area contributed by atoms with Crippen molar-refractivity contribution in [3.8, 4) is 0 Å². The number of rotatable bonds is 2. The van der Waals surface area contributed by atoms with Crippen LogP contribution in [0.3, 0.4) is 0 Å². The van der Waals surface area contributed by atoms with Crippen molar-refractivity contribution < 1.29 is 4.92 Å². The molecule has 0 saturated carbocycles. The van der Waals surface area contributed by atoms with E-state index in [1.165, 1.54) is 0 Å². The van der Waals surface area contributed by atoms with E-state index in [-0.39, 0.29) is 4.92 Å². The van der Waals surface area contributed by atoms with Gasteiger partial charge in [-0.05, 0) is 5.56 Å². The summed E-state index contributed by atoms with van der Waals surface area (Å²) in [5, 5.41) is 11.1. The predicted molar refractivity (Wildman–Crippen MR) is 66.8 cm³/mol. The molecule has 0 saturated heterocycles. The molecule has 0 aromatic heterocycles. The molecule has 0 bridgehead atoms. The highest BCUT2D eigenvalue weighted by Crippen LogP contribution is 2.40. The van der Waals surface area contributed by atoms with Gasteiger partial charge in [0, 0.05) is 26.4 Å². The molecule has 1 aliphatic carbocycles. The van der Waals surface area contributed by atoms with Crippen LogP contribution in [0.2, 0.25) is 0 Å². The van der Waals surface area contributed by atoms with Crippen LogP contribution in [0.5, 0.6) is 0 Å². The van der Waals surface area contributed by atoms with Crippen LogP contribution in [-0.4, -0.2) is 9.37 Å². The Morgan fingerprint density at radius 2 is 2.00 bits per heavy atom. The summed E-state index contributed by atoms with van der Waals surface area (Å²) in [4.78, 5) is 10.9. The molecular weight excluding hydrogens is 270 g/mol. The molecule has 16 heavy (non-hydrogen) atoms. The Morgan fingerprint density at radius 1 is 1.31 bits per heavy atom. The van der Waals surface area contributed by atoms with Gasteiger partial charge in [0.25, 0.3) is 0 Å². The lowest BCUT2D eigenvalue weighted by Gasteiger charge is -2.23. The average Bonchev–Trinajstić information content (AvgIpc) is 2.30. The van der Waals surface area contributed by atoms with Crippen molar-refractivity contribution in [3.63, 3.8) is 0 Å². The van der Waals surface area contributed by atoms with E-state index in [0.717, 1.165) is 5.56 Å². The van der Waals surface area contributed by atoms with Gasteiger partial charge in [-0.1, -0.05) is 48.6 Å². The van der Waals surface area contributed by atoms with Crippen LogP contribution >= 0.6 is 15.9 Å². The van der Waals surface area contributed by atoms with Gasteiger partial charge in [-0.25, -0.2) is 0 Å². The number of nitrogens with zero attached hydrogens (tertiary/aromatic N) is 1. The third-order valence-corrected chi connectivity index (χ3v) is 3.61. The van der Waals surface area contributed by atoms with Crippen LogP contribution in [0.1, 0.15) is 12.0 Å². The van der Waals surface area contributed by atoms with E-state index in [4.69, 9.17) is 0 Å². The second-order valence-electron chi connectivity index (χ2n) is 3.60. The largest absolute Gasteiger partial charge is 0.303 e. The van der Waals surface area contributed by atoms with Crippen LogP contribution < -0.4 is 0 Å². The third kappa shape index (κ3) is 1.80. The first-order valence-corrected chi connectivity index (χ1v) is 5.70. The predicted octanol–water partition coefficient (Wildman–Crippen LogP) is 3.40. The van der Waals surface area contributed by atoms with Crippen molar-refractivity contribution in [2.75, 3.05) is 0 Å². The summed E-state index contributed by atoms with van der Waals surface area (Å²) in [6.45, 7) is 0. The second-order valence-corrected chi connectivity index (χ2v) is 4.91. The lowest BCUT2D eigenvalue weighted by molar-refractivity contribution is -0.517. The first-order valence-electron chi connectivity index (χ1n) is 4.91. The van der Waals surface area contributed by atoms with Crippen LogP contribution in [0.4, 0.5) is 0 Å². The van der Waals surface area contributed by atoms with Crippen molar-refractivity contribution in [3.05, 3.63) is 64.2 Å². The minimum Gasteiger partial charge on any atom is -0.263 e. The molecule has 0 radical (unpaired) electrons. The minimum absolute atomic E-state index is 0.282. The molecule has 82 valence electrons. The molecule has 1 atom stereocenters. The van der Waals surface area contributed by atoms with E-state index in [1.54, 1.807) is 12.2 Å². The first kappa shape index (κ1) is 11.1. The molecule has 1 unspecified atom stereocenters. The molecule has 4 heteroatoms. The average molecular weight is 280 g/mol. The molecule has 0 spiro atoms. The lowest BCUT2D eigenvalue weighted by Crippen LogP contribution is -2.33. The highest BCUT2D eigenvalue weighted by Gasteiger charge is 2.44. The summed E-state index contributed by atoms with van der Waals surface area (Å²) >= 11 is 3.24. The van der Waals surface area contributed by atoms with Gasteiger partial charge in [0.1, 0.15) is 0 Å². The zero-order chi connectivity index (χ0) is 11.6. The van der Waals surface area contributed by atoms with Gasteiger partial charge in [-0.3, -0.25) is 10.1 Å². The molecular formula is C12H10BrNO2. The van der Waals surface area contributed by atoms with Crippen molar-refractivity contribution in [1.29, 1.82) is 0 Å². The number of nitro groups is 1. The number of alkyl halides is 1. The van der Waals surface area contributed by atoms with Crippen molar-refractivity contribution in [2.45, 2.75) is 10.9 Å². The zero-order valence-corrected chi connectivity index (χ0v) is 10.1. The smallest absolute Gasteiger partial charge is 0.263 e. The van der Waals surface area contributed by atoms with Gasteiger partial charge >= 0.3 is 4.45 Å². The monoisotopic (exact) mass is 279 g/mol. The minimum atomic E-state index is -1.19. The van der Waals surface area contributed by atoms with Gasteiger partial charge in [-0.2, -0.15) is 0 Å². The maximum Gasteiger partial charge on any atom is 0.303 e. The SMILES string of the molecule is O=[N+]([O-])C1(Br)CC=CC=C1c1ccccc1. The highest BCUT2D eigenvalue weighted by molar-refractivity contribution is 9.10. The molecule has 1 aromatic carbocycles. The number of benzene rings is 1. The lowest BCUT2D eigenvalue weighted by atomic mass is 9.93. The summed E-state index contributed by atoms with van der Waals surface area (Å²) in [5.41, 5.74) is 1.57. The fourth-order valence-electron chi connectivity index (χ4n) is 1.73. The highest BCUT2D eigenvalue weighted by atomic mass is 79.9. The summed E-state index contributed by atoms with van der Waals surface area (Å²) in [5.74, 6) is 0. The first-order chi connectivity index (χ1) is 7.64. The molecule has 1 aliphatic rings. The maximum absolute atomic E-state index is 11.1. The quantitative estimate of drug-likeness (QED) is 0.360. The van der Waals surface area contributed by atoms with Gasteiger partial charge in [0.2, 0.25) is 0 Å². The Hall–Kier alpha value is -1.42. The van der Waals surface area contributed by atoms with Crippen LogP contribution in [-0.2, 0) is 0 Å². The topological polar surface area (TPSA) is 43.1 Å². The van der Waals surface area contributed by atoms with Crippen LogP contribution in [0.15, 0.2) is 48.6 Å². The number of allylic oxidation sites excluding steroid dienone is 2. The van der Waals surface area contributed by atoms with Gasteiger partial charge in [0.05, 0.1) is 6.42 Å². The van der Waals surface area contributed by atoms with E-state index >= 15 is 0 Å². The number of hydrogen-bond donors (Lipinski definition) is 0. The van der Waals surface area contributed by atoms with Crippen LogP contribution in [0, 0.1) is 10.1 Å². The second kappa shape index (κ2) is 4.22. The van der Waals surface area contributed by atoms with Gasteiger partial charge < -0.3 is 0 Å². The Morgan fingerprint density at radius 3 is 2.62 bits per heavy atom. The summed E-state index contributed by atoms with van der Waals surface area (Å²) in [6, 6.07) is 9.41. The van der Waals surface area contributed by atoms with Gasteiger partial charge in [0.15, 0.2) is 0 Å². The van der Waals surface area contributed by atoms with E-state index in [0.29, 0.717) is 12.0 Å². The molecule has 0 aliphatic heterocycles. The molecule has 0 fully saturated rings. The van der Waals surface area contributed by atoms with Crippen LogP contribution in [0.25, 0.3) is 5.57 Å². The number of hydrogen-bond acceptors (Lipinski definition) is 2. The van der Waals surface area contributed by atoms with Gasteiger partial charge in [-0.15, -0.1) is 0 Å². The van der Waals surface area contributed by atoms with Crippen molar-refractivity contribution in [2.24, 2.45) is 0 Å². The molecule has 0 heterocycles. The maximum atomic E-state index is 11.1. The Bertz CT molecular complexity index is 467. The van der Waals surface area contributed by atoms with Crippen molar-refractivity contribution in [1.82, 2.24) is 0 Å². The van der Waals surface area contributed by atoms with E-state index in [2.05, 4.69) is 15.9 Å². The molecule has 0 amide bonds. The fourth-order valence-corrected chi connectivity index (χ4v) is 2.28. The fraction of sp³-hybridized carbons (Fsp3) is 0.167. The summed E-state index contributed by atoms with van der Waals surface area (Å²) in [7, 11) is 0. The molecule has 2 rings (SSSR count). The molecule has 3 nitrogen and oxygen atoms in total. The molecule has 1 aromatic rings. The standard InChI is InChI=1S/C12H10BrNO2/c13-12(14(15)16)9-5-4-8-11(12)10-6-2-1-3-7-10/h1-8H,9H2. The normalized spacial score (nSPS) is 23.9. The Balaban J connectivity index is 2.49. The Labute approximate surface area is 102 Å². The Kier molecular flexibility index (Phi) is 2.92.